The molecule has 0 heterocycles. The third-order valence-corrected chi connectivity index (χ3v) is 2.93. The van der Waals surface area contributed by atoms with Gasteiger partial charge in [0.25, 0.3) is 0 Å². The largest absolute Gasteiger partial charge is 0.376 e. The molecule has 0 saturated carbocycles. The van der Waals surface area contributed by atoms with Crippen LogP contribution in [0.1, 0.15) is 60.3 Å². The van der Waals surface area contributed by atoms with E-state index in [1.54, 1.807) is 0 Å². The van der Waals surface area contributed by atoms with Crippen molar-refractivity contribution >= 4 is 0 Å². The molecule has 0 rings (SSSR count). The van der Waals surface area contributed by atoms with Crippen molar-refractivity contribution in [2.75, 3.05) is 13.2 Å². The first-order chi connectivity index (χ1) is 7.02. The van der Waals surface area contributed by atoms with Gasteiger partial charge in [0.05, 0.1) is 5.60 Å². The molecule has 2 nitrogen and oxygen atoms in total. The van der Waals surface area contributed by atoms with Crippen molar-refractivity contribution in [3.05, 3.63) is 0 Å². The molecular formula is C13H29NO. The fourth-order valence-electron chi connectivity index (χ4n) is 1.45. The lowest BCUT2D eigenvalue weighted by molar-refractivity contribution is -0.0217. The van der Waals surface area contributed by atoms with Crippen LogP contribution in [0.4, 0.5) is 0 Å². The molecule has 0 spiro atoms. The molecule has 0 aliphatic heterocycles. The summed E-state index contributed by atoms with van der Waals surface area (Å²) in [6.45, 7) is 12.9. The van der Waals surface area contributed by atoms with Crippen LogP contribution in [0.3, 0.4) is 0 Å². The lowest BCUT2D eigenvalue weighted by Crippen LogP contribution is -2.26. The lowest BCUT2D eigenvalue weighted by Gasteiger charge is -2.23. The highest BCUT2D eigenvalue weighted by molar-refractivity contribution is 4.65. The zero-order chi connectivity index (χ0) is 11.7. The molecule has 2 heteroatoms. The Morgan fingerprint density at radius 1 is 1.20 bits per heavy atom. The van der Waals surface area contributed by atoms with Gasteiger partial charge in [0.2, 0.25) is 0 Å². The molecule has 0 aromatic carbocycles. The zero-order valence-electron chi connectivity index (χ0n) is 11.2. The molecule has 92 valence electrons. The molecular weight excluding hydrogens is 186 g/mol. The van der Waals surface area contributed by atoms with Crippen molar-refractivity contribution in [1.82, 2.24) is 5.32 Å². The van der Waals surface area contributed by atoms with Gasteiger partial charge in [0.15, 0.2) is 0 Å². The van der Waals surface area contributed by atoms with Gasteiger partial charge in [-0.25, -0.2) is 0 Å². The molecule has 1 N–H and O–H groups in total. The Morgan fingerprint density at radius 2 is 1.87 bits per heavy atom. The van der Waals surface area contributed by atoms with Crippen LogP contribution in [-0.2, 0) is 4.74 Å². The second-order valence-electron chi connectivity index (χ2n) is 4.92. The van der Waals surface area contributed by atoms with E-state index >= 15 is 0 Å². The van der Waals surface area contributed by atoms with E-state index in [1.807, 2.05) is 0 Å². The summed E-state index contributed by atoms with van der Waals surface area (Å²) < 4.78 is 5.80. The van der Waals surface area contributed by atoms with Crippen LogP contribution in [0, 0.1) is 0 Å². The van der Waals surface area contributed by atoms with Crippen LogP contribution in [0.5, 0.6) is 0 Å². The molecule has 0 fully saturated rings. The van der Waals surface area contributed by atoms with Crippen molar-refractivity contribution in [3.8, 4) is 0 Å². The van der Waals surface area contributed by atoms with Crippen LogP contribution in [-0.4, -0.2) is 24.8 Å². The molecule has 0 radical (unpaired) electrons. The summed E-state index contributed by atoms with van der Waals surface area (Å²) in [5.41, 5.74) is 0.0628. The average molecular weight is 215 g/mol. The van der Waals surface area contributed by atoms with Gasteiger partial charge >= 0.3 is 0 Å². The number of nitrogens with one attached hydrogen (secondary N) is 1. The third-order valence-electron chi connectivity index (χ3n) is 2.93. The number of hydrogen-bond donors (Lipinski definition) is 1. The molecule has 1 atom stereocenters. The van der Waals surface area contributed by atoms with Gasteiger partial charge in [-0.2, -0.15) is 0 Å². The minimum absolute atomic E-state index is 0.0628. The second-order valence-corrected chi connectivity index (χ2v) is 4.92. The molecule has 0 aliphatic carbocycles. The lowest BCUT2D eigenvalue weighted by atomic mass is 10.1. The van der Waals surface area contributed by atoms with Gasteiger partial charge in [0, 0.05) is 12.6 Å². The van der Waals surface area contributed by atoms with Crippen molar-refractivity contribution < 1.29 is 4.74 Å². The first-order valence-corrected chi connectivity index (χ1v) is 6.39. The summed E-state index contributed by atoms with van der Waals surface area (Å²) in [4.78, 5) is 0. The summed E-state index contributed by atoms with van der Waals surface area (Å²) in [6, 6.07) is 0.647. The molecule has 1 unspecified atom stereocenters. The average Bonchev–Trinajstić information content (AvgIpc) is 2.17. The zero-order valence-corrected chi connectivity index (χ0v) is 11.2. The van der Waals surface area contributed by atoms with E-state index in [2.05, 4.69) is 39.9 Å². The highest BCUT2D eigenvalue weighted by atomic mass is 16.5. The van der Waals surface area contributed by atoms with Gasteiger partial charge in [-0.15, -0.1) is 0 Å². The first-order valence-electron chi connectivity index (χ1n) is 6.39. The van der Waals surface area contributed by atoms with Crippen LogP contribution >= 0.6 is 0 Å². The molecule has 0 aromatic rings. The molecule has 15 heavy (non-hydrogen) atoms. The van der Waals surface area contributed by atoms with Crippen LogP contribution in [0.15, 0.2) is 0 Å². The van der Waals surface area contributed by atoms with E-state index in [0.29, 0.717) is 6.04 Å². The minimum atomic E-state index is 0.0628. The Labute approximate surface area is 95.8 Å². The maximum absolute atomic E-state index is 5.80. The molecule has 0 amide bonds. The van der Waals surface area contributed by atoms with E-state index in [0.717, 1.165) is 19.6 Å². The molecule has 0 saturated heterocycles. The summed E-state index contributed by atoms with van der Waals surface area (Å²) in [5, 5.41) is 3.42. The van der Waals surface area contributed by atoms with E-state index in [1.165, 1.54) is 19.3 Å². The molecule has 0 aromatic heterocycles. The van der Waals surface area contributed by atoms with Crippen molar-refractivity contribution in [2.45, 2.75) is 71.9 Å². The third kappa shape index (κ3) is 8.88. The Morgan fingerprint density at radius 3 is 2.40 bits per heavy atom. The van der Waals surface area contributed by atoms with Gasteiger partial charge in [-0.3, -0.25) is 0 Å². The number of hydrogen-bond acceptors (Lipinski definition) is 2. The highest BCUT2D eigenvalue weighted by Gasteiger charge is 2.14. The fourth-order valence-corrected chi connectivity index (χ4v) is 1.45. The predicted molar refractivity (Wildman–Crippen MR) is 67.3 cm³/mol. The monoisotopic (exact) mass is 215 g/mol. The van der Waals surface area contributed by atoms with Crippen molar-refractivity contribution in [1.29, 1.82) is 0 Å². The number of rotatable bonds is 9. The van der Waals surface area contributed by atoms with Gasteiger partial charge in [0.1, 0.15) is 0 Å². The predicted octanol–water partition coefficient (Wildman–Crippen LogP) is 3.36. The maximum Gasteiger partial charge on any atom is 0.0623 e. The summed E-state index contributed by atoms with van der Waals surface area (Å²) >= 11 is 0. The summed E-state index contributed by atoms with van der Waals surface area (Å²) in [5.74, 6) is 0. The summed E-state index contributed by atoms with van der Waals surface area (Å²) in [6.07, 6.45) is 4.78. The second kappa shape index (κ2) is 8.12. The summed E-state index contributed by atoms with van der Waals surface area (Å²) in [7, 11) is 0. The standard InChI is InChI=1S/C13H29NO/c1-6-13(4,5)15-11-9-8-10-12(3)14-7-2/h12,14H,6-11H2,1-5H3. The normalized spacial score (nSPS) is 14.2. The van der Waals surface area contributed by atoms with Gasteiger partial charge in [-0.1, -0.05) is 13.8 Å². The smallest absolute Gasteiger partial charge is 0.0623 e. The quantitative estimate of drug-likeness (QED) is 0.595. The van der Waals surface area contributed by atoms with Crippen LogP contribution in [0.25, 0.3) is 0 Å². The Kier molecular flexibility index (Phi) is 8.07. The van der Waals surface area contributed by atoms with E-state index in [9.17, 15) is 0 Å². The number of ether oxygens (including phenoxy) is 1. The van der Waals surface area contributed by atoms with E-state index in [-0.39, 0.29) is 5.60 Å². The van der Waals surface area contributed by atoms with Gasteiger partial charge < -0.3 is 10.1 Å². The number of unbranched alkanes of at least 4 members (excludes halogenated alkanes) is 1. The van der Waals surface area contributed by atoms with Crippen molar-refractivity contribution in [3.63, 3.8) is 0 Å². The molecule has 0 bridgehead atoms. The van der Waals surface area contributed by atoms with Crippen LogP contribution in [0.2, 0.25) is 0 Å². The minimum Gasteiger partial charge on any atom is -0.376 e. The molecule has 0 aliphatic rings. The topological polar surface area (TPSA) is 21.3 Å². The highest BCUT2D eigenvalue weighted by Crippen LogP contribution is 2.14. The Bertz CT molecular complexity index is 145. The van der Waals surface area contributed by atoms with Gasteiger partial charge in [-0.05, 0) is 53.0 Å². The SMILES string of the molecule is CCNC(C)CCCCOC(C)(C)CC. The fraction of sp³-hybridized carbons (Fsp3) is 1.00. The Balaban J connectivity index is 3.32. The maximum atomic E-state index is 5.80. The van der Waals surface area contributed by atoms with E-state index in [4.69, 9.17) is 4.74 Å². The first kappa shape index (κ1) is 14.9. The van der Waals surface area contributed by atoms with Crippen LogP contribution < -0.4 is 5.32 Å². The Hall–Kier alpha value is -0.0800. The van der Waals surface area contributed by atoms with E-state index < -0.39 is 0 Å². The van der Waals surface area contributed by atoms with Crippen molar-refractivity contribution in [2.24, 2.45) is 0 Å².